The van der Waals surface area contributed by atoms with E-state index in [0.29, 0.717) is 25.7 Å². The number of benzene rings is 2. The molecular formula is C31H40N2O5. The molecule has 38 heavy (non-hydrogen) atoms. The van der Waals surface area contributed by atoms with Crippen LogP contribution in [0, 0.1) is 11.8 Å². The average Bonchev–Trinajstić information content (AvgIpc) is 2.92. The molecule has 0 aliphatic rings. The SMILES string of the molecule is C=CC[C@H](CC(=O)N[C@@H](C)CO)C(=O)N[C@H](COC(=O)[C@H](CC=C)Cc1ccccc1)Cc1ccccc1. The third-order valence-electron chi connectivity index (χ3n) is 6.14. The summed E-state index contributed by atoms with van der Waals surface area (Å²) in [5.41, 5.74) is 2.02. The van der Waals surface area contributed by atoms with E-state index in [2.05, 4.69) is 23.8 Å². The zero-order valence-corrected chi connectivity index (χ0v) is 22.2. The number of amides is 2. The molecule has 0 saturated heterocycles. The van der Waals surface area contributed by atoms with Gasteiger partial charge in [-0.1, -0.05) is 72.8 Å². The standard InChI is InChI=1S/C31H40N2O5/c1-4-12-26(20-29(35)32-23(3)21-34)30(36)33-28(19-25-16-10-7-11-17-25)22-38-31(37)27(13-5-2)18-24-14-8-6-9-15-24/h4-11,14-17,23,26-28,34H,1-2,12-13,18-22H2,3H3,(H,32,35)(H,33,36)/t23-,26+,27+,28-/m0/s1. The van der Waals surface area contributed by atoms with E-state index in [1.165, 1.54) is 0 Å². The van der Waals surface area contributed by atoms with Crippen molar-refractivity contribution in [3.8, 4) is 0 Å². The Hall–Kier alpha value is -3.71. The molecule has 4 atom stereocenters. The summed E-state index contributed by atoms with van der Waals surface area (Å²) in [4.78, 5) is 38.6. The molecular weight excluding hydrogens is 480 g/mol. The molecule has 0 bridgehead atoms. The minimum Gasteiger partial charge on any atom is -0.463 e. The maximum Gasteiger partial charge on any atom is 0.309 e. The Labute approximate surface area is 226 Å². The zero-order chi connectivity index (χ0) is 27.8. The molecule has 0 saturated carbocycles. The van der Waals surface area contributed by atoms with E-state index >= 15 is 0 Å². The molecule has 0 fully saturated rings. The van der Waals surface area contributed by atoms with E-state index in [4.69, 9.17) is 4.74 Å². The summed E-state index contributed by atoms with van der Waals surface area (Å²) in [6.45, 7) is 8.99. The van der Waals surface area contributed by atoms with Gasteiger partial charge in [0.25, 0.3) is 0 Å². The van der Waals surface area contributed by atoms with E-state index in [1.807, 2.05) is 60.7 Å². The topological polar surface area (TPSA) is 105 Å². The maximum absolute atomic E-state index is 13.2. The number of aliphatic hydroxyl groups excluding tert-OH is 1. The van der Waals surface area contributed by atoms with Gasteiger partial charge in [0, 0.05) is 12.5 Å². The number of nitrogens with one attached hydrogen (secondary N) is 2. The van der Waals surface area contributed by atoms with Crippen LogP contribution in [0.5, 0.6) is 0 Å². The van der Waals surface area contributed by atoms with Gasteiger partial charge < -0.3 is 20.5 Å². The highest BCUT2D eigenvalue weighted by molar-refractivity contribution is 5.86. The number of hydrogen-bond acceptors (Lipinski definition) is 5. The predicted molar refractivity (Wildman–Crippen MR) is 149 cm³/mol. The Bertz CT molecular complexity index is 1030. The average molecular weight is 521 g/mol. The number of rotatable bonds is 17. The van der Waals surface area contributed by atoms with Crippen LogP contribution in [-0.4, -0.2) is 48.2 Å². The molecule has 2 amide bonds. The minimum atomic E-state index is -0.640. The molecule has 0 aromatic heterocycles. The first kappa shape index (κ1) is 30.5. The number of ether oxygens (including phenoxy) is 1. The van der Waals surface area contributed by atoms with E-state index < -0.39 is 18.0 Å². The van der Waals surface area contributed by atoms with Gasteiger partial charge in [-0.05, 0) is 43.7 Å². The zero-order valence-electron chi connectivity index (χ0n) is 22.2. The van der Waals surface area contributed by atoms with Crippen LogP contribution in [0.1, 0.15) is 37.3 Å². The Morgan fingerprint density at radius 2 is 1.42 bits per heavy atom. The Morgan fingerprint density at radius 3 is 1.97 bits per heavy atom. The summed E-state index contributed by atoms with van der Waals surface area (Å²) in [7, 11) is 0. The highest BCUT2D eigenvalue weighted by atomic mass is 16.5. The van der Waals surface area contributed by atoms with Crippen LogP contribution in [0.25, 0.3) is 0 Å². The van der Waals surface area contributed by atoms with E-state index in [1.54, 1.807) is 19.1 Å². The van der Waals surface area contributed by atoms with Crippen LogP contribution in [0.2, 0.25) is 0 Å². The molecule has 7 heteroatoms. The Balaban J connectivity index is 2.10. The first-order valence-corrected chi connectivity index (χ1v) is 13.0. The number of aliphatic hydroxyl groups is 1. The van der Waals surface area contributed by atoms with Crippen molar-refractivity contribution in [1.82, 2.24) is 10.6 Å². The summed E-state index contributed by atoms with van der Waals surface area (Å²) in [6, 6.07) is 18.5. The number of hydrogen-bond donors (Lipinski definition) is 3. The van der Waals surface area contributed by atoms with Crippen molar-refractivity contribution in [2.45, 2.75) is 51.1 Å². The normalized spacial score (nSPS) is 13.8. The monoisotopic (exact) mass is 520 g/mol. The van der Waals surface area contributed by atoms with Crippen LogP contribution in [0.15, 0.2) is 86.0 Å². The second kappa shape index (κ2) is 16.9. The molecule has 0 radical (unpaired) electrons. The summed E-state index contributed by atoms with van der Waals surface area (Å²) < 4.78 is 5.72. The quantitative estimate of drug-likeness (QED) is 0.218. The second-order valence-corrected chi connectivity index (χ2v) is 9.51. The molecule has 0 spiro atoms. The van der Waals surface area contributed by atoms with Crippen molar-refractivity contribution in [3.63, 3.8) is 0 Å². The lowest BCUT2D eigenvalue weighted by Gasteiger charge is -2.24. The molecule has 0 unspecified atom stereocenters. The van der Waals surface area contributed by atoms with E-state index in [9.17, 15) is 19.5 Å². The van der Waals surface area contributed by atoms with Crippen LogP contribution >= 0.6 is 0 Å². The molecule has 0 aliphatic heterocycles. The fourth-order valence-electron chi connectivity index (χ4n) is 4.12. The molecule has 2 aromatic carbocycles. The lowest BCUT2D eigenvalue weighted by Crippen LogP contribution is -2.45. The van der Waals surface area contributed by atoms with Crippen molar-refractivity contribution in [2.75, 3.05) is 13.2 Å². The summed E-state index contributed by atoms with van der Waals surface area (Å²) >= 11 is 0. The van der Waals surface area contributed by atoms with Gasteiger partial charge in [-0.25, -0.2) is 0 Å². The molecule has 2 aromatic rings. The maximum atomic E-state index is 13.2. The van der Waals surface area contributed by atoms with Gasteiger partial charge in [-0.2, -0.15) is 0 Å². The molecule has 3 N–H and O–H groups in total. The third kappa shape index (κ3) is 11.1. The molecule has 7 nitrogen and oxygen atoms in total. The first-order chi connectivity index (χ1) is 18.4. The molecule has 0 aliphatic carbocycles. The fraction of sp³-hybridized carbons (Fsp3) is 0.387. The van der Waals surface area contributed by atoms with Crippen LogP contribution in [0.4, 0.5) is 0 Å². The van der Waals surface area contributed by atoms with Crippen LogP contribution < -0.4 is 10.6 Å². The Morgan fingerprint density at radius 1 is 0.868 bits per heavy atom. The van der Waals surface area contributed by atoms with Crippen molar-refractivity contribution in [1.29, 1.82) is 0 Å². The van der Waals surface area contributed by atoms with Gasteiger partial charge in [0.15, 0.2) is 0 Å². The van der Waals surface area contributed by atoms with Crippen molar-refractivity contribution in [3.05, 3.63) is 97.1 Å². The number of allylic oxidation sites excluding steroid dienone is 2. The molecule has 0 heterocycles. The predicted octanol–water partition coefficient (Wildman–Crippen LogP) is 3.77. The van der Waals surface area contributed by atoms with Gasteiger partial charge in [-0.3, -0.25) is 14.4 Å². The third-order valence-corrected chi connectivity index (χ3v) is 6.14. The van der Waals surface area contributed by atoms with Gasteiger partial charge in [0.05, 0.1) is 24.5 Å². The van der Waals surface area contributed by atoms with Gasteiger partial charge in [0.1, 0.15) is 6.61 Å². The lowest BCUT2D eigenvalue weighted by atomic mass is 9.96. The molecule has 2 rings (SSSR count). The second-order valence-electron chi connectivity index (χ2n) is 9.51. The summed E-state index contributed by atoms with van der Waals surface area (Å²) in [6.07, 6.45) is 5.04. The van der Waals surface area contributed by atoms with Crippen molar-refractivity contribution in [2.24, 2.45) is 11.8 Å². The summed E-state index contributed by atoms with van der Waals surface area (Å²) in [5.74, 6) is -2.01. The smallest absolute Gasteiger partial charge is 0.309 e. The highest BCUT2D eigenvalue weighted by Gasteiger charge is 2.26. The van der Waals surface area contributed by atoms with Gasteiger partial charge in [0.2, 0.25) is 11.8 Å². The fourth-order valence-corrected chi connectivity index (χ4v) is 4.12. The first-order valence-electron chi connectivity index (χ1n) is 13.0. The summed E-state index contributed by atoms with van der Waals surface area (Å²) in [5, 5.41) is 14.8. The number of esters is 1. The minimum absolute atomic E-state index is 0.00352. The lowest BCUT2D eigenvalue weighted by molar-refractivity contribution is -0.149. The van der Waals surface area contributed by atoms with Gasteiger partial charge >= 0.3 is 5.97 Å². The van der Waals surface area contributed by atoms with Gasteiger partial charge in [-0.15, -0.1) is 13.2 Å². The van der Waals surface area contributed by atoms with Crippen LogP contribution in [0.3, 0.4) is 0 Å². The van der Waals surface area contributed by atoms with E-state index in [0.717, 1.165) is 11.1 Å². The number of carbonyl (C=O) groups excluding carboxylic acids is 3. The Kier molecular flexibility index (Phi) is 13.6. The highest BCUT2D eigenvalue weighted by Crippen LogP contribution is 2.16. The molecule has 204 valence electrons. The van der Waals surface area contributed by atoms with Crippen molar-refractivity contribution >= 4 is 17.8 Å². The largest absolute Gasteiger partial charge is 0.463 e. The number of carbonyl (C=O) groups is 3. The van der Waals surface area contributed by atoms with Crippen LogP contribution in [-0.2, 0) is 32.0 Å². The van der Waals surface area contributed by atoms with E-state index in [-0.39, 0.29) is 43.3 Å². The van der Waals surface area contributed by atoms with Crippen molar-refractivity contribution < 1.29 is 24.2 Å².